The molecule has 140 valence electrons. The normalized spacial score (nSPS) is 10.6. The number of nitrogens with one attached hydrogen (secondary N) is 1. The van der Waals surface area contributed by atoms with Crippen LogP contribution in [0.1, 0.15) is 10.4 Å². The quantitative estimate of drug-likeness (QED) is 0.442. The molecule has 0 fully saturated rings. The highest BCUT2D eigenvalue weighted by molar-refractivity contribution is 7.20. The van der Waals surface area contributed by atoms with E-state index in [4.69, 9.17) is 27.9 Å². The average molecular weight is 431 g/mol. The van der Waals surface area contributed by atoms with Crippen molar-refractivity contribution in [1.82, 2.24) is 14.5 Å². The van der Waals surface area contributed by atoms with Gasteiger partial charge in [0.05, 0.1) is 9.90 Å². The first kappa shape index (κ1) is 18.5. The van der Waals surface area contributed by atoms with Crippen molar-refractivity contribution in [3.8, 4) is 17.4 Å². The summed E-state index contributed by atoms with van der Waals surface area (Å²) in [6.45, 7) is 0. The maximum absolute atomic E-state index is 12.3. The standard InChI is InChI=1S/C19H12Cl2N4O2S/c20-15-9-14(18(21)28-15)19(26)24-12-3-5-13(6-4-12)27-17-10-16(22-11-23-17)25-7-1-2-8-25/h1-11H,(H,24,26). The van der Waals surface area contributed by atoms with Gasteiger partial charge < -0.3 is 14.6 Å². The Morgan fingerprint density at radius 2 is 1.82 bits per heavy atom. The number of carbonyl (C=O) groups is 1. The zero-order chi connectivity index (χ0) is 19.5. The molecule has 0 atom stereocenters. The van der Waals surface area contributed by atoms with E-state index in [0.29, 0.717) is 37.4 Å². The molecule has 4 aromatic rings. The van der Waals surface area contributed by atoms with Crippen LogP contribution in [0.4, 0.5) is 5.69 Å². The Morgan fingerprint density at radius 1 is 1.07 bits per heavy atom. The van der Waals surface area contributed by atoms with Crippen LogP contribution in [-0.2, 0) is 0 Å². The van der Waals surface area contributed by atoms with E-state index in [1.54, 1.807) is 36.4 Å². The number of thiophene rings is 1. The van der Waals surface area contributed by atoms with Crippen LogP contribution in [0.3, 0.4) is 0 Å². The van der Waals surface area contributed by atoms with Gasteiger partial charge in [-0.1, -0.05) is 23.2 Å². The van der Waals surface area contributed by atoms with Crippen LogP contribution in [-0.4, -0.2) is 20.4 Å². The first-order chi connectivity index (χ1) is 13.6. The summed E-state index contributed by atoms with van der Waals surface area (Å²) in [6, 6.07) is 14.0. The van der Waals surface area contributed by atoms with Crippen molar-refractivity contribution < 1.29 is 9.53 Å². The second-order valence-corrected chi connectivity index (χ2v) is 7.91. The number of ether oxygens (including phenoxy) is 1. The van der Waals surface area contributed by atoms with Gasteiger partial charge in [-0.2, -0.15) is 0 Å². The number of aromatic nitrogens is 3. The molecule has 0 aliphatic rings. The van der Waals surface area contributed by atoms with Gasteiger partial charge in [-0.3, -0.25) is 4.79 Å². The minimum Gasteiger partial charge on any atom is -0.439 e. The molecular formula is C19H12Cl2N4O2S. The number of benzene rings is 1. The lowest BCUT2D eigenvalue weighted by Gasteiger charge is -2.08. The van der Waals surface area contributed by atoms with Crippen molar-refractivity contribution in [3.63, 3.8) is 0 Å². The van der Waals surface area contributed by atoms with Gasteiger partial charge in [-0.05, 0) is 42.5 Å². The Labute approximate surface area is 174 Å². The van der Waals surface area contributed by atoms with Crippen LogP contribution < -0.4 is 10.1 Å². The Balaban J connectivity index is 1.44. The zero-order valence-electron chi connectivity index (χ0n) is 14.2. The van der Waals surface area contributed by atoms with E-state index in [2.05, 4.69) is 15.3 Å². The highest BCUT2D eigenvalue weighted by atomic mass is 35.5. The second kappa shape index (κ2) is 8.02. The molecule has 0 saturated carbocycles. The van der Waals surface area contributed by atoms with Crippen LogP contribution in [0.15, 0.2) is 67.3 Å². The molecule has 1 aromatic carbocycles. The molecule has 1 N–H and O–H groups in total. The number of halogens is 2. The Kier molecular flexibility index (Phi) is 5.29. The lowest BCUT2D eigenvalue weighted by Crippen LogP contribution is -2.11. The molecule has 6 nitrogen and oxygen atoms in total. The van der Waals surface area contributed by atoms with Crippen LogP contribution in [0.25, 0.3) is 5.82 Å². The fourth-order valence-electron chi connectivity index (χ4n) is 2.43. The summed E-state index contributed by atoms with van der Waals surface area (Å²) in [4.78, 5) is 20.6. The van der Waals surface area contributed by atoms with Gasteiger partial charge in [-0.25, -0.2) is 9.97 Å². The number of anilines is 1. The van der Waals surface area contributed by atoms with E-state index in [-0.39, 0.29) is 5.91 Å². The number of nitrogens with zero attached hydrogens (tertiary/aromatic N) is 3. The molecule has 0 saturated heterocycles. The van der Waals surface area contributed by atoms with Gasteiger partial charge in [0.2, 0.25) is 5.88 Å². The van der Waals surface area contributed by atoms with E-state index in [0.717, 1.165) is 11.3 Å². The van der Waals surface area contributed by atoms with Gasteiger partial charge in [0.15, 0.2) is 0 Å². The fraction of sp³-hybridized carbons (Fsp3) is 0. The summed E-state index contributed by atoms with van der Waals surface area (Å²) in [7, 11) is 0. The molecule has 0 aliphatic carbocycles. The minimum atomic E-state index is -0.325. The van der Waals surface area contributed by atoms with E-state index >= 15 is 0 Å². The van der Waals surface area contributed by atoms with Crippen LogP contribution >= 0.6 is 34.5 Å². The first-order valence-corrected chi connectivity index (χ1v) is 9.65. The minimum absolute atomic E-state index is 0.325. The van der Waals surface area contributed by atoms with Gasteiger partial charge >= 0.3 is 0 Å². The molecule has 3 aromatic heterocycles. The van der Waals surface area contributed by atoms with Gasteiger partial charge in [0.25, 0.3) is 5.91 Å². The first-order valence-electron chi connectivity index (χ1n) is 8.08. The molecular weight excluding hydrogens is 419 g/mol. The molecule has 0 unspecified atom stereocenters. The van der Waals surface area contributed by atoms with Crippen molar-refractivity contribution >= 4 is 46.1 Å². The van der Waals surface area contributed by atoms with Gasteiger partial charge in [0.1, 0.15) is 22.2 Å². The molecule has 28 heavy (non-hydrogen) atoms. The fourth-order valence-corrected chi connectivity index (χ4v) is 3.89. The van der Waals surface area contributed by atoms with Crippen LogP contribution in [0, 0.1) is 0 Å². The lowest BCUT2D eigenvalue weighted by atomic mass is 10.2. The molecule has 3 heterocycles. The Hall–Kier alpha value is -2.87. The monoisotopic (exact) mass is 430 g/mol. The molecule has 0 spiro atoms. The molecule has 1 amide bonds. The van der Waals surface area contributed by atoms with Crippen molar-refractivity contribution in [2.75, 3.05) is 5.32 Å². The summed E-state index contributed by atoms with van der Waals surface area (Å²) in [5.74, 6) is 1.36. The summed E-state index contributed by atoms with van der Waals surface area (Å²) < 4.78 is 8.44. The largest absolute Gasteiger partial charge is 0.439 e. The van der Waals surface area contributed by atoms with Crippen molar-refractivity contribution in [1.29, 1.82) is 0 Å². The maximum Gasteiger partial charge on any atom is 0.258 e. The van der Waals surface area contributed by atoms with Gasteiger partial charge in [0, 0.05) is 24.1 Å². The topological polar surface area (TPSA) is 69.0 Å². The van der Waals surface area contributed by atoms with Crippen LogP contribution in [0.2, 0.25) is 8.67 Å². The number of amides is 1. The van der Waals surface area contributed by atoms with Crippen molar-refractivity contribution in [2.24, 2.45) is 0 Å². The SMILES string of the molecule is O=C(Nc1ccc(Oc2cc(-n3cccc3)ncn2)cc1)c1cc(Cl)sc1Cl. The molecule has 0 radical (unpaired) electrons. The summed E-state index contributed by atoms with van der Waals surface area (Å²) in [5.41, 5.74) is 0.946. The lowest BCUT2D eigenvalue weighted by molar-refractivity contribution is 0.102. The predicted octanol–water partition coefficient (Wildman–Crippen LogP) is 5.68. The number of carbonyl (C=O) groups excluding carboxylic acids is 1. The van der Waals surface area contributed by atoms with Crippen LogP contribution in [0.5, 0.6) is 11.6 Å². The maximum atomic E-state index is 12.3. The average Bonchev–Trinajstić information content (AvgIpc) is 3.33. The third kappa shape index (κ3) is 4.17. The predicted molar refractivity (Wildman–Crippen MR) is 110 cm³/mol. The van der Waals surface area contributed by atoms with E-state index < -0.39 is 0 Å². The molecule has 9 heteroatoms. The smallest absolute Gasteiger partial charge is 0.258 e. The Bertz CT molecular complexity index is 1110. The highest BCUT2D eigenvalue weighted by Crippen LogP contribution is 2.31. The van der Waals surface area contributed by atoms with Crippen molar-refractivity contribution in [3.05, 3.63) is 81.5 Å². The number of rotatable bonds is 5. The Morgan fingerprint density at radius 3 is 2.50 bits per heavy atom. The number of hydrogen-bond donors (Lipinski definition) is 1. The third-order valence-electron chi connectivity index (χ3n) is 3.73. The third-order valence-corrected chi connectivity index (χ3v) is 5.22. The van der Waals surface area contributed by atoms with Gasteiger partial charge in [-0.15, -0.1) is 11.3 Å². The zero-order valence-corrected chi connectivity index (χ0v) is 16.5. The summed E-state index contributed by atoms with van der Waals surface area (Å²) >= 11 is 13.0. The number of hydrogen-bond acceptors (Lipinski definition) is 5. The summed E-state index contributed by atoms with van der Waals surface area (Å²) in [5, 5.41) is 2.77. The van der Waals surface area contributed by atoms with E-state index in [1.807, 2.05) is 29.1 Å². The second-order valence-electron chi connectivity index (χ2n) is 5.62. The molecule has 0 aliphatic heterocycles. The van der Waals surface area contributed by atoms with Crippen molar-refractivity contribution in [2.45, 2.75) is 0 Å². The van der Waals surface area contributed by atoms with E-state index in [9.17, 15) is 4.79 Å². The summed E-state index contributed by atoms with van der Waals surface area (Å²) in [6.07, 6.45) is 5.21. The molecule has 4 rings (SSSR count). The highest BCUT2D eigenvalue weighted by Gasteiger charge is 2.14. The van der Waals surface area contributed by atoms with E-state index in [1.165, 1.54) is 6.33 Å². The molecule has 0 bridgehead atoms.